The molecule has 1 atom stereocenters. The molecule has 190 valence electrons. The van der Waals surface area contributed by atoms with Crippen LogP contribution in [0.25, 0.3) is 5.69 Å². The Kier molecular flexibility index (Phi) is 7.22. The van der Waals surface area contributed by atoms with Gasteiger partial charge in [0.1, 0.15) is 18.3 Å². The van der Waals surface area contributed by atoms with Gasteiger partial charge in [0.05, 0.1) is 11.4 Å². The zero-order chi connectivity index (χ0) is 25.8. The molecule has 4 rings (SSSR count). The maximum atomic E-state index is 12.8. The fraction of sp³-hybridized carbons (Fsp3) is 0.364. The van der Waals surface area contributed by atoms with E-state index in [1.807, 2.05) is 0 Å². The molecule has 1 aromatic carbocycles. The quantitative estimate of drug-likeness (QED) is 0.495. The van der Waals surface area contributed by atoms with Crippen LogP contribution in [0, 0.1) is 6.92 Å². The molecule has 3 aromatic rings. The third kappa shape index (κ3) is 5.16. The minimum Gasteiger partial charge on any atom is -0.470 e. The average Bonchev–Trinajstić information content (AvgIpc) is 3.26. The largest absolute Gasteiger partial charge is 0.470 e. The molecule has 12 nitrogen and oxygen atoms in total. The van der Waals surface area contributed by atoms with Gasteiger partial charge in [0.2, 0.25) is 11.8 Å². The van der Waals surface area contributed by atoms with E-state index in [9.17, 15) is 23.5 Å². The predicted molar refractivity (Wildman–Crippen MR) is 122 cm³/mol. The number of carboxylic acid groups (broad SMARTS) is 1. The van der Waals surface area contributed by atoms with Crippen LogP contribution in [-0.2, 0) is 11.4 Å². The number of benzene rings is 1. The molecule has 2 aromatic heterocycles. The molecule has 14 heteroatoms. The topological polar surface area (TPSA) is 139 Å². The Morgan fingerprint density at radius 1 is 1.14 bits per heavy atom. The molecule has 1 aliphatic heterocycles. The summed E-state index contributed by atoms with van der Waals surface area (Å²) in [5, 5.41) is 28.2. The summed E-state index contributed by atoms with van der Waals surface area (Å²) in [4.78, 5) is 26.5. The van der Waals surface area contributed by atoms with E-state index in [2.05, 4.69) is 25.8 Å². The maximum Gasteiger partial charge on any atom is 0.408 e. The lowest BCUT2D eigenvalue weighted by Gasteiger charge is -2.39. The predicted octanol–water partition coefficient (Wildman–Crippen LogP) is 1.80. The maximum absolute atomic E-state index is 12.8. The van der Waals surface area contributed by atoms with Gasteiger partial charge < -0.3 is 20.1 Å². The summed E-state index contributed by atoms with van der Waals surface area (Å²) in [7, 11) is 1.45. The number of hydrogen-bond acceptors (Lipinski definition) is 8. The Hall–Kier alpha value is -4.36. The summed E-state index contributed by atoms with van der Waals surface area (Å²) in [5.41, 5.74) is 1.69. The summed E-state index contributed by atoms with van der Waals surface area (Å²) >= 11 is 0. The van der Waals surface area contributed by atoms with Crippen LogP contribution < -0.4 is 15.0 Å². The number of ether oxygens (including phenoxy) is 1. The first-order valence-electron chi connectivity index (χ1n) is 11.0. The van der Waals surface area contributed by atoms with Crippen molar-refractivity contribution >= 4 is 17.8 Å². The minimum absolute atomic E-state index is 0.0550. The number of alkyl halides is 2. The van der Waals surface area contributed by atoms with Crippen LogP contribution in [0.4, 0.5) is 19.4 Å². The monoisotopic (exact) mass is 502 g/mol. The Morgan fingerprint density at radius 3 is 2.50 bits per heavy atom. The molecular weight excluding hydrogens is 478 g/mol. The molecule has 0 radical (unpaired) electrons. The first-order chi connectivity index (χ1) is 17.3. The zero-order valence-electron chi connectivity index (χ0n) is 19.5. The number of aromatic nitrogens is 5. The van der Waals surface area contributed by atoms with E-state index in [0.29, 0.717) is 29.4 Å². The van der Waals surface area contributed by atoms with Crippen LogP contribution in [0.5, 0.6) is 5.88 Å². The van der Waals surface area contributed by atoms with E-state index in [1.165, 1.54) is 36.0 Å². The Labute approximate surface area is 204 Å². The van der Waals surface area contributed by atoms with Crippen molar-refractivity contribution in [2.75, 3.05) is 31.6 Å². The number of rotatable bonds is 7. The van der Waals surface area contributed by atoms with Gasteiger partial charge in [0.15, 0.2) is 5.82 Å². The van der Waals surface area contributed by atoms with Crippen LogP contribution in [0.1, 0.15) is 23.4 Å². The van der Waals surface area contributed by atoms with Crippen molar-refractivity contribution in [3.63, 3.8) is 0 Å². The van der Waals surface area contributed by atoms with Crippen LogP contribution >= 0.6 is 0 Å². The van der Waals surface area contributed by atoms with Crippen molar-refractivity contribution in [1.82, 2.24) is 35.4 Å². The lowest BCUT2D eigenvalue weighted by atomic mass is 10.1. The Bertz CT molecular complexity index is 1220. The number of nitrogens with zero attached hydrogens (tertiary/aromatic N) is 7. The second kappa shape index (κ2) is 10.5. The van der Waals surface area contributed by atoms with Crippen molar-refractivity contribution in [1.29, 1.82) is 0 Å². The normalized spacial score (nSPS) is 15.8. The number of carbonyl (C=O) groups excluding carboxylic acids is 1. The molecule has 1 aliphatic rings. The molecule has 36 heavy (non-hydrogen) atoms. The number of likely N-dealkylation sites (N-methyl/N-ethyl adjacent to an activating group) is 1. The number of piperazine rings is 1. The summed E-state index contributed by atoms with van der Waals surface area (Å²) in [5.74, 6) is 0.300. The molecule has 0 spiro atoms. The molecule has 0 saturated carbocycles. The number of nitrogens with one attached hydrogen (secondary N) is 1. The van der Waals surface area contributed by atoms with Crippen molar-refractivity contribution in [2.45, 2.75) is 26.0 Å². The van der Waals surface area contributed by atoms with Crippen LogP contribution in [0.15, 0.2) is 36.4 Å². The van der Waals surface area contributed by atoms with Crippen molar-refractivity contribution in [3.8, 4) is 11.6 Å². The van der Waals surface area contributed by atoms with Crippen molar-refractivity contribution in [2.24, 2.45) is 0 Å². The Balaban J connectivity index is 1.43. The van der Waals surface area contributed by atoms with Crippen molar-refractivity contribution in [3.05, 3.63) is 53.3 Å². The van der Waals surface area contributed by atoms with Gasteiger partial charge in [-0.25, -0.2) is 18.3 Å². The standard InChI is InChI=1S/C22H24F2N8O4/c1-13-17(32(29-26-13)15-5-3-14(4-6-15)20(23)24)12-36-19-8-7-18(27-28-19)30-9-10-31(22(34)35)16(11-30)21(33)25-2/h3-8,16,20H,9-12H2,1-2H3,(H,25,33)(H,34,35)/t16-/m0/s1. The highest BCUT2D eigenvalue weighted by molar-refractivity contribution is 5.86. The fourth-order valence-corrected chi connectivity index (χ4v) is 3.82. The highest BCUT2D eigenvalue weighted by Gasteiger charge is 2.35. The first kappa shape index (κ1) is 24.8. The number of halogens is 2. The number of anilines is 1. The molecular formula is C22H24F2N8O4. The molecule has 1 saturated heterocycles. The van der Waals surface area contributed by atoms with E-state index < -0.39 is 24.5 Å². The second-order valence-electron chi connectivity index (χ2n) is 8.00. The highest BCUT2D eigenvalue weighted by Crippen LogP contribution is 2.22. The second-order valence-corrected chi connectivity index (χ2v) is 8.00. The van der Waals surface area contributed by atoms with Crippen molar-refractivity contribution < 1.29 is 28.2 Å². The smallest absolute Gasteiger partial charge is 0.408 e. The summed E-state index contributed by atoms with van der Waals surface area (Å²) in [6, 6.07) is 8.14. The van der Waals surface area contributed by atoms with E-state index in [-0.39, 0.29) is 31.1 Å². The first-order valence-corrected chi connectivity index (χ1v) is 11.0. The zero-order valence-corrected chi connectivity index (χ0v) is 19.5. The summed E-state index contributed by atoms with van der Waals surface area (Å²) in [6.07, 6.45) is -3.72. The van der Waals surface area contributed by atoms with Gasteiger partial charge in [-0.3, -0.25) is 9.69 Å². The Morgan fingerprint density at radius 2 is 1.89 bits per heavy atom. The van der Waals surface area contributed by atoms with Gasteiger partial charge in [-0.1, -0.05) is 17.3 Å². The molecule has 2 amide bonds. The third-order valence-electron chi connectivity index (χ3n) is 5.83. The molecule has 0 bridgehead atoms. The van der Waals surface area contributed by atoms with Crippen LogP contribution in [0.3, 0.4) is 0 Å². The number of hydrogen-bond donors (Lipinski definition) is 2. The van der Waals surface area contributed by atoms with E-state index in [4.69, 9.17) is 4.74 Å². The average molecular weight is 502 g/mol. The summed E-state index contributed by atoms with van der Waals surface area (Å²) < 4.78 is 33.0. The van der Waals surface area contributed by atoms with Gasteiger partial charge in [0, 0.05) is 38.3 Å². The molecule has 0 aliphatic carbocycles. The highest BCUT2D eigenvalue weighted by atomic mass is 19.3. The molecule has 0 unspecified atom stereocenters. The van der Waals surface area contributed by atoms with Gasteiger partial charge in [-0.05, 0) is 25.1 Å². The lowest BCUT2D eigenvalue weighted by molar-refractivity contribution is -0.125. The third-order valence-corrected chi connectivity index (χ3v) is 5.83. The van der Waals surface area contributed by atoms with Gasteiger partial charge in [-0.2, -0.15) is 0 Å². The number of aryl methyl sites for hydroxylation is 1. The van der Waals surface area contributed by atoms with Crippen LogP contribution in [0.2, 0.25) is 0 Å². The molecule has 1 fully saturated rings. The van der Waals surface area contributed by atoms with Crippen LogP contribution in [-0.4, -0.2) is 79.9 Å². The fourth-order valence-electron chi connectivity index (χ4n) is 3.82. The number of carbonyl (C=O) groups is 2. The molecule has 3 heterocycles. The van der Waals surface area contributed by atoms with E-state index in [0.717, 1.165) is 4.90 Å². The number of amides is 2. The molecule has 2 N–H and O–H groups in total. The minimum atomic E-state index is -2.56. The SMILES string of the molecule is CNC(=O)[C@@H]1CN(c2ccc(OCc3c(C)nnn3-c3ccc(C(F)F)cc3)nn2)CCN1C(=O)O. The van der Waals surface area contributed by atoms with Gasteiger partial charge in [-0.15, -0.1) is 15.3 Å². The van der Waals surface area contributed by atoms with E-state index in [1.54, 1.807) is 24.0 Å². The lowest BCUT2D eigenvalue weighted by Crippen LogP contribution is -2.60. The van der Waals surface area contributed by atoms with Gasteiger partial charge >= 0.3 is 6.09 Å². The van der Waals surface area contributed by atoms with Gasteiger partial charge in [0.25, 0.3) is 6.43 Å². The summed E-state index contributed by atoms with van der Waals surface area (Å²) in [6.45, 7) is 2.43. The van der Waals surface area contributed by atoms with E-state index >= 15 is 0 Å².